The summed E-state index contributed by atoms with van der Waals surface area (Å²) in [6, 6.07) is 13.4. The van der Waals surface area contributed by atoms with Gasteiger partial charge in [0.1, 0.15) is 0 Å². The van der Waals surface area contributed by atoms with Gasteiger partial charge in [0.2, 0.25) is 0 Å². The van der Waals surface area contributed by atoms with Crippen LogP contribution in [0, 0.1) is 25.7 Å². The molecule has 31 heavy (non-hydrogen) atoms. The highest BCUT2D eigenvalue weighted by molar-refractivity contribution is 6.30. The molecule has 0 aliphatic carbocycles. The highest BCUT2D eigenvalue weighted by Gasteiger charge is 2.25. The second-order valence-electron chi connectivity index (χ2n) is 8.45. The van der Waals surface area contributed by atoms with Crippen molar-refractivity contribution >= 4 is 17.5 Å². The van der Waals surface area contributed by atoms with E-state index in [1.165, 1.54) is 0 Å². The Bertz CT molecular complexity index is 1180. The molecule has 1 amide bonds. The Kier molecular flexibility index (Phi) is 6.54. The van der Waals surface area contributed by atoms with Crippen molar-refractivity contribution in [3.63, 3.8) is 0 Å². The zero-order valence-corrected chi connectivity index (χ0v) is 19.3. The van der Waals surface area contributed by atoms with Crippen LogP contribution in [0.5, 0.6) is 0 Å². The first-order valence-corrected chi connectivity index (χ1v) is 10.5. The number of benzene rings is 2. The number of nitrogens with zero attached hydrogens (tertiary/aromatic N) is 2. The van der Waals surface area contributed by atoms with Gasteiger partial charge in [-0.25, -0.2) is 4.68 Å². The summed E-state index contributed by atoms with van der Waals surface area (Å²) in [6.45, 7) is 10.1. The largest absolute Gasteiger partial charge is 0.346 e. The normalized spacial score (nSPS) is 11.1. The van der Waals surface area contributed by atoms with Crippen molar-refractivity contribution in [1.29, 1.82) is 0 Å². The van der Waals surface area contributed by atoms with E-state index in [2.05, 4.69) is 17.2 Å². The Morgan fingerprint density at radius 1 is 1.16 bits per heavy atom. The molecule has 0 atom stereocenters. The van der Waals surface area contributed by atoms with E-state index in [9.17, 15) is 4.79 Å². The maximum Gasteiger partial charge on any atom is 0.272 e. The number of hydrogen-bond donors (Lipinski definition) is 2. The second-order valence-corrected chi connectivity index (χ2v) is 8.89. The minimum atomic E-state index is -0.368. The van der Waals surface area contributed by atoms with Crippen molar-refractivity contribution < 1.29 is 4.79 Å². The van der Waals surface area contributed by atoms with Crippen LogP contribution in [0.3, 0.4) is 0 Å². The predicted octanol–water partition coefficient (Wildman–Crippen LogP) is 4.65. The van der Waals surface area contributed by atoms with E-state index in [0.29, 0.717) is 17.3 Å². The number of aryl methyl sites for hydroxylation is 1. The molecule has 1 aromatic heterocycles. The molecule has 0 fully saturated rings. The van der Waals surface area contributed by atoms with Gasteiger partial charge < -0.3 is 11.1 Å². The summed E-state index contributed by atoms with van der Waals surface area (Å²) < 4.78 is 1.83. The highest BCUT2D eigenvalue weighted by atomic mass is 35.5. The molecular weight excluding hydrogens is 408 g/mol. The monoisotopic (exact) mass is 434 g/mol. The van der Waals surface area contributed by atoms with Crippen LogP contribution in [-0.4, -0.2) is 27.8 Å². The molecular formula is C25H27ClN4O. The topological polar surface area (TPSA) is 72.9 Å². The van der Waals surface area contributed by atoms with E-state index >= 15 is 0 Å². The van der Waals surface area contributed by atoms with Gasteiger partial charge in [0.15, 0.2) is 5.69 Å². The molecule has 6 heteroatoms. The van der Waals surface area contributed by atoms with Gasteiger partial charge in [0.05, 0.1) is 17.9 Å². The Balaban J connectivity index is 2.20. The number of amides is 1. The summed E-state index contributed by atoms with van der Waals surface area (Å²) in [4.78, 5) is 13.0. The van der Waals surface area contributed by atoms with E-state index in [1.54, 1.807) is 0 Å². The Morgan fingerprint density at radius 2 is 1.84 bits per heavy atom. The van der Waals surface area contributed by atoms with Gasteiger partial charge in [-0.05, 0) is 70.5 Å². The summed E-state index contributed by atoms with van der Waals surface area (Å²) in [6.07, 6.45) is 0. The summed E-state index contributed by atoms with van der Waals surface area (Å²) >= 11 is 6.10. The lowest BCUT2D eigenvalue weighted by Gasteiger charge is -2.19. The Morgan fingerprint density at radius 3 is 2.42 bits per heavy atom. The van der Waals surface area contributed by atoms with Crippen molar-refractivity contribution in [3.8, 4) is 28.8 Å². The molecule has 2 aromatic carbocycles. The van der Waals surface area contributed by atoms with Gasteiger partial charge in [-0.2, -0.15) is 5.10 Å². The maximum atomic E-state index is 13.0. The number of rotatable bonds is 3. The van der Waals surface area contributed by atoms with Crippen LogP contribution < -0.4 is 11.1 Å². The lowest BCUT2D eigenvalue weighted by atomic mass is 10.0. The Labute approximate surface area is 188 Å². The third kappa shape index (κ3) is 5.16. The van der Waals surface area contributed by atoms with Crippen molar-refractivity contribution in [1.82, 2.24) is 15.1 Å². The molecule has 3 N–H and O–H groups in total. The molecule has 0 saturated carbocycles. The molecule has 3 aromatic rings. The number of hydrogen-bond acceptors (Lipinski definition) is 3. The van der Waals surface area contributed by atoms with E-state index in [1.807, 2.05) is 81.8 Å². The van der Waals surface area contributed by atoms with Gasteiger partial charge in [-0.15, -0.1) is 0 Å². The quantitative estimate of drug-likeness (QED) is 0.589. The van der Waals surface area contributed by atoms with Crippen molar-refractivity contribution in [2.45, 2.75) is 40.2 Å². The van der Waals surface area contributed by atoms with E-state index < -0.39 is 0 Å². The van der Waals surface area contributed by atoms with Crippen molar-refractivity contribution in [2.75, 3.05) is 6.54 Å². The van der Waals surface area contributed by atoms with Crippen LogP contribution in [0.15, 0.2) is 42.5 Å². The number of aromatic nitrogens is 2. The third-order valence-corrected chi connectivity index (χ3v) is 4.96. The molecule has 0 radical (unpaired) electrons. The number of halogens is 1. The van der Waals surface area contributed by atoms with E-state index in [4.69, 9.17) is 22.4 Å². The molecule has 1 heterocycles. The van der Waals surface area contributed by atoms with Crippen LogP contribution in [-0.2, 0) is 0 Å². The van der Waals surface area contributed by atoms with Crippen LogP contribution in [0.25, 0.3) is 16.9 Å². The van der Waals surface area contributed by atoms with Crippen LogP contribution in [0.4, 0.5) is 0 Å². The second kappa shape index (κ2) is 8.97. The number of nitrogens with two attached hydrogens (primary N) is 1. The van der Waals surface area contributed by atoms with Crippen molar-refractivity contribution in [3.05, 3.63) is 69.9 Å². The fraction of sp³-hybridized carbons (Fsp3) is 0.280. The average Bonchev–Trinajstić information content (AvgIpc) is 3.03. The molecule has 3 rings (SSSR count). The molecule has 0 spiro atoms. The van der Waals surface area contributed by atoms with Gasteiger partial charge >= 0.3 is 0 Å². The lowest BCUT2D eigenvalue weighted by Crippen LogP contribution is -2.41. The standard InChI is InChI=1S/C25H27ClN4O/c1-16-15-18(7-6-14-27)8-13-21(16)30-23(19-9-11-20(26)12-10-19)17(2)22(29-30)24(31)28-25(3,4)5/h8-13,15H,14,27H2,1-5H3,(H,28,31). The fourth-order valence-electron chi connectivity index (χ4n) is 3.36. The minimum Gasteiger partial charge on any atom is -0.346 e. The molecule has 5 nitrogen and oxygen atoms in total. The van der Waals surface area contributed by atoms with E-state index in [-0.39, 0.29) is 11.4 Å². The zero-order valence-electron chi connectivity index (χ0n) is 18.5. The average molecular weight is 435 g/mol. The molecule has 0 aliphatic rings. The van der Waals surface area contributed by atoms with Crippen LogP contribution in [0.1, 0.15) is 48.0 Å². The minimum absolute atomic E-state index is 0.206. The summed E-state index contributed by atoms with van der Waals surface area (Å²) in [5.74, 6) is 5.72. The zero-order chi connectivity index (χ0) is 22.8. The first-order chi connectivity index (χ1) is 14.6. The predicted molar refractivity (Wildman–Crippen MR) is 127 cm³/mol. The molecule has 0 unspecified atom stereocenters. The molecule has 160 valence electrons. The molecule has 0 bridgehead atoms. The fourth-order valence-corrected chi connectivity index (χ4v) is 3.48. The maximum absolute atomic E-state index is 13.0. The lowest BCUT2D eigenvalue weighted by molar-refractivity contribution is 0.0913. The van der Waals surface area contributed by atoms with Gasteiger partial charge in [0, 0.05) is 27.3 Å². The summed E-state index contributed by atoms with van der Waals surface area (Å²) in [5.41, 5.74) is 10.8. The smallest absolute Gasteiger partial charge is 0.272 e. The number of nitrogens with one attached hydrogen (secondary N) is 1. The SMILES string of the molecule is Cc1cc(C#CCN)ccc1-n1nc(C(=O)NC(C)(C)C)c(C)c1-c1ccc(Cl)cc1. The van der Waals surface area contributed by atoms with Crippen LogP contribution in [0.2, 0.25) is 5.02 Å². The van der Waals surface area contributed by atoms with Gasteiger partial charge in [-0.1, -0.05) is 35.6 Å². The first kappa shape index (κ1) is 22.6. The molecule has 0 saturated heterocycles. The van der Waals surface area contributed by atoms with Crippen molar-refractivity contribution in [2.24, 2.45) is 5.73 Å². The van der Waals surface area contributed by atoms with Gasteiger partial charge in [0.25, 0.3) is 5.91 Å². The van der Waals surface area contributed by atoms with Gasteiger partial charge in [-0.3, -0.25) is 4.79 Å². The summed E-state index contributed by atoms with van der Waals surface area (Å²) in [7, 11) is 0. The molecule has 0 aliphatic heterocycles. The van der Waals surface area contributed by atoms with E-state index in [0.717, 1.165) is 33.6 Å². The number of carbonyl (C=O) groups is 1. The van der Waals surface area contributed by atoms with Crippen LogP contribution >= 0.6 is 11.6 Å². The highest BCUT2D eigenvalue weighted by Crippen LogP contribution is 2.31. The Hall–Kier alpha value is -3.07. The first-order valence-electron chi connectivity index (χ1n) is 10.1. The third-order valence-electron chi connectivity index (χ3n) is 4.70. The number of carbonyl (C=O) groups excluding carboxylic acids is 1. The summed E-state index contributed by atoms with van der Waals surface area (Å²) in [5, 5.41) is 8.39.